The smallest absolute Gasteiger partial charge is 0.343 e. The number of rotatable bonds is 9. The van der Waals surface area contributed by atoms with Crippen molar-refractivity contribution >= 4 is 5.97 Å². The molecule has 1 heterocycles. The number of nitrogens with two attached hydrogens (primary N) is 1. The Balaban J connectivity index is 1.64. The first kappa shape index (κ1) is 25.5. The average molecular weight is 501 g/mol. The van der Waals surface area contributed by atoms with Crippen LogP contribution in [-0.2, 0) is 0 Å². The van der Waals surface area contributed by atoms with Crippen LogP contribution in [0, 0.1) is 11.3 Å². The summed E-state index contributed by atoms with van der Waals surface area (Å²) < 4.78 is 28.0. The third-order valence-electron chi connectivity index (χ3n) is 5.99. The molecule has 0 radical (unpaired) electrons. The molecule has 8 nitrogen and oxygen atoms in total. The molecule has 0 spiro atoms. The molecule has 4 rings (SSSR count). The molecule has 0 aliphatic carbocycles. The highest BCUT2D eigenvalue weighted by molar-refractivity contribution is 5.91. The largest absolute Gasteiger partial charge is 0.497 e. The Morgan fingerprint density at radius 3 is 2.54 bits per heavy atom. The van der Waals surface area contributed by atoms with Gasteiger partial charge in [-0.05, 0) is 48.9 Å². The van der Waals surface area contributed by atoms with Crippen LogP contribution in [0.2, 0.25) is 0 Å². The Morgan fingerprint density at radius 1 is 1.00 bits per heavy atom. The SMILES string of the molecule is CCCCOc1cccc(C(=O)Oc2ccc3c(c2)OC(N)=C(C#N)C3c2cc(OC)ccc2OC)c1. The summed E-state index contributed by atoms with van der Waals surface area (Å²) in [7, 11) is 3.11. The number of carbonyl (C=O) groups excluding carboxylic acids is 1. The number of carbonyl (C=O) groups is 1. The van der Waals surface area contributed by atoms with Crippen LogP contribution >= 0.6 is 0 Å². The molecule has 0 saturated heterocycles. The molecule has 3 aromatic rings. The van der Waals surface area contributed by atoms with Crippen molar-refractivity contribution in [3.05, 3.63) is 88.8 Å². The van der Waals surface area contributed by atoms with E-state index in [4.69, 9.17) is 29.4 Å². The molecular formula is C29H28N2O6. The number of methoxy groups -OCH3 is 2. The first-order valence-corrected chi connectivity index (χ1v) is 11.9. The Kier molecular flexibility index (Phi) is 7.84. The minimum atomic E-state index is -0.569. The van der Waals surface area contributed by atoms with Crippen LogP contribution < -0.4 is 29.4 Å². The number of hydrogen-bond donors (Lipinski definition) is 1. The predicted octanol–water partition coefficient (Wildman–Crippen LogP) is 5.32. The number of nitrogens with zero attached hydrogens (tertiary/aromatic N) is 1. The molecule has 1 unspecified atom stereocenters. The lowest BCUT2D eigenvalue weighted by Crippen LogP contribution is -2.21. The van der Waals surface area contributed by atoms with Gasteiger partial charge in [0.25, 0.3) is 0 Å². The van der Waals surface area contributed by atoms with Gasteiger partial charge in [-0.15, -0.1) is 0 Å². The second-order valence-electron chi connectivity index (χ2n) is 8.35. The van der Waals surface area contributed by atoms with Crippen LogP contribution in [0.15, 0.2) is 72.1 Å². The second-order valence-corrected chi connectivity index (χ2v) is 8.35. The van der Waals surface area contributed by atoms with E-state index in [0.717, 1.165) is 12.8 Å². The zero-order valence-corrected chi connectivity index (χ0v) is 20.9. The van der Waals surface area contributed by atoms with Gasteiger partial charge in [-0.2, -0.15) is 5.26 Å². The zero-order chi connectivity index (χ0) is 26.4. The third kappa shape index (κ3) is 5.46. The highest BCUT2D eigenvalue weighted by Crippen LogP contribution is 2.46. The minimum Gasteiger partial charge on any atom is -0.497 e. The van der Waals surface area contributed by atoms with E-state index in [1.165, 1.54) is 0 Å². The number of benzene rings is 3. The number of fused-ring (bicyclic) bond motifs is 1. The molecule has 37 heavy (non-hydrogen) atoms. The summed E-state index contributed by atoms with van der Waals surface area (Å²) in [5.74, 6) is 1.27. The van der Waals surface area contributed by atoms with E-state index in [1.54, 1.807) is 74.9 Å². The predicted molar refractivity (Wildman–Crippen MR) is 137 cm³/mol. The number of esters is 1. The van der Waals surface area contributed by atoms with Gasteiger partial charge < -0.3 is 29.4 Å². The van der Waals surface area contributed by atoms with E-state index in [0.29, 0.717) is 46.3 Å². The van der Waals surface area contributed by atoms with Crippen LogP contribution in [0.1, 0.15) is 47.2 Å². The van der Waals surface area contributed by atoms with Crippen LogP contribution in [0.25, 0.3) is 0 Å². The molecule has 8 heteroatoms. The van der Waals surface area contributed by atoms with E-state index in [2.05, 4.69) is 13.0 Å². The van der Waals surface area contributed by atoms with Gasteiger partial charge >= 0.3 is 5.97 Å². The maximum absolute atomic E-state index is 12.8. The van der Waals surface area contributed by atoms with Crippen molar-refractivity contribution in [2.24, 2.45) is 5.73 Å². The maximum Gasteiger partial charge on any atom is 0.343 e. The van der Waals surface area contributed by atoms with Crippen molar-refractivity contribution in [3.8, 4) is 34.8 Å². The molecule has 0 bridgehead atoms. The van der Waals surface area contributed by atoms with Crippen molar-refractivity contribution in [1.29, 1.82) is 5.26 Å². The normalized spacial score (nSPS) is 14.2. The Bertz CT molecular complexity index is 1380. The Morgan fingerprint density at radius 2 is 1.81 bits per heavy atom. The Labute approximate surface area is 215 Å². The highest BCUT2D eigenvalue weighted by Gasteiger charge is 2.33. The van der Waals surface area contributed by atoms with Gasteiger partial charge in [0.15, 0.2) is 0 Å². The molecule has 3 aromatic carbocycles. The van der Waals surface area contributed by atoms with E-state index >= 15 is 0 Å². The lowest BCUT2D eigenvalue weighted by Gasteiger charge is -2.28. The fourth-order valence-electron chi connectivity index (χ4n) is 4.10. The minimum absolute atomic E-state index is 0.0368. The third-order valence-corrected chi connectivity index (χ3v) is 5.99. The summed E-state index contributed by atoms with van der Waals surface area (Å²) in [6.45, 7) is 2.66. The molecule has 190 valence electrons. The van der Waals surface area contributed by atoms with Gasteiger partial charge in [0.2, 0.25) is 5.88 Å². The standard InChI is InChI=1S/C29H28N2O6/c1-4-5-13-35-20-8-6-7-18(14-20)29(32)36-21-9-11-22-26(16-21)37-28(31)24(17-30)27(22)23-15-19(33-2)10-12-25(23)34-3/h6-12,14-16,27H,4-5,13,31H2,1-3H3. The van der Waals surface area contributed by atoms with Gasteiger partial charge in [-0.25, -0.2) is 4.79 Å². The number of hydrogen-bond acceptors (Lipinski definition) is 8. The van der Waals surface area contributed by atoms with E-state index in [9.17, 15) is 10.1 Å². The fraction of sp³-hybridized carbons (Fsp3) is 0.241. The first-order chi connectivity index (χ1) is 18.0. The zero-order valence-electron chi connectivity index (χ0n) is 20.9. The monoisotopic (exact) mass is 500 g/mol. The summed E-state index contributed by atoms with van der Waals surface area (Å²) in [5, 5.41) is 9.88. The molecular weight excluding hydrogens is 472 g/mol. The first-order valence-electron chi connectivity index (χ1n) is 11.9. The summed E-state index contributed by atoms with van der Waals surface area (Å²) in [6.07, 6.45) is 1.95. The summed E-state index contributed by atoms with van der Waals surface area (Å²) >= 11 is 0. The summed E-state index contributed by atoms with van der Waals surface area (Å²) in [4.78, 5) is 12.8. The van der Waals surface area contributed by atoms with Crippen LogP contribution in [0.3, 0.4) is 0 Å². The molecule has 0 saturated carbocycles. The van der Waals surface area contributed by atoms with Crippen molar-refractivity contribution in [3.63, 3.8) is 0 Å². The summed E-state index contributed by atoms with van der Waals surface area (Å²) in [6, 6.07) is 19.3. The molecule has 1 aliphatic heterocycles. The van der Waals surface area contributed by atoms with Crippen LogP contribution in [0.5, 0.6) is 28.7 Å². The van der Waals surface area contributed by atoms with E-state index in [1.807, 2.05) is 0 Å². The lowest BCUT2D eigenvalue weighted by atomic mass is 9.83. The van der Waals surface area contributed by atoms with Crippen molar-refractivity contribution < 1.29 is 28.5 Å². The van der Waals surface area contributed by atoms with E-state index in [-0.39, 0.29) is 17.2 Å². The maximum atomic E-state index is 12.8. The quantitative estimate of drug-likeness (QED) is 0.239. The Hall–Kier alpha value is -4.64. The fourth-order valence-corrected chi connectivity index (χ4v) is 4.10. The van der Waals surface area contributed by atoms with E-state index < -0.39 is 11.9 Å². The van der Waals surface area contributed by atoms with Crippen molar-refractivity contribution in [1.82, 2.24) is 0 Å². The van der Waals surface area contributed by atoms with Gasteiger partial charge in [0, 0.05) is 17.2 Å². The van der Waals surface area contributed by atoms with Gasteiger partial charge in [0.1, 0.15) is 40.4 Å². The summed E-state index contributed by atoms with van der Waals surface area (Å²) in [5.41, 5.74) is 8.10. The topological polar surface area (TPSA) is 113 Å². The van der Waals surface area contributed by atoms with Gasteiger partial charge in [0.05, 0.1) is 32.3 Å². The highest BCUT2D eigenvalue weighted by atomic mass is 16.5. The molecule has 0 fully saturated rings. The van der Waals surface area contributed by atoms with Crippen molar-refractivity contribution in [2.45, 2.75) is 25.7 Å². The number of unbranched alkanes of at least 4 members (excludes halogenated alkanes) is 1. The second kappa shape index (κ2) is 11.4. The molecule has 0 amide bonds. The molecule has 2 N–H and O–H groups in total. The lowest BCUT2D eigenvalue weighted by molar-refractivity contribution is 0.0734. The van der Waals surface area contributed by atoms with Gasteiger partial charge in [-0.3, -0.25) is 0 Å². The van der Waals surface area contributed by atoms with Crippen LogP contribution in [-0.4, -0.2) is 26.8 Å². The van der Waals surface area contributed by atoms with Crippen molar-refractivity contribution in [2.75, 3.05) is 20.8 Å². The molecule has 1 atom stereocenters. The van der Waals surface area contributed by atoms with Gasteiger partial charge in [-0.1, -0.05) is 25.5 Å². The molecule has 1 aliphatic rings. The molecule has 0 aromatic heterocycles. The number of ether oxygens (including phenoxy) is 5. The number of allylic oxidation sites excluding steroid dienone is 1. The number of nitriles is 1. The van der Waals surface area contributed by atoms with Crippen LogP contribution in [0.4, 0.5) is 0 Å². The average Bonchev–Trinajstić information content (AvgIpc) is 2.92.